The van der Waals surface area contributed by atoms with Crippen molar-refractivity contribution in [3.8, 4) is 17.0 Å². The van der Waals surface area contributed by atoms with Gasteiger partial charge in [0.25, 0.3) is 0 Å². The van der Waals surface area contributed by atoms with Crippen LogP contribution >= 0.6 is 11.3 Å². The van der Waals surface area contributed by atoms with Crippen LogP contribution in [0.25, 0.3) is 11.3 Å². The van der Waals surface area contributed by atoms with Crippen molar-refractivity contribution in [2.45, 2.75) is 25.9 Å². The number of nitrogens with one attached hydrogen (secondary N) is 1. The molecule has 10 heteroatoms. The molecule has 4 nitrogen and oxygen atoms in total. The van der Waals surface area contributed by atoms with Crippen LogP contribution in [0.4, 0.5) is 27.1 Å². The summed E-state index contributed by atoms with van der Waals surface area (Å²) in [4.78, 5) is 15.3. The van der Waals surface area contributed by atoms with Gasteiger partial charge in [-0.15, -0.1) is 11.3 Å². The van der Waals surface area contributed by atoms with Crippen LogP contribution in [0, 0.1) is 11.6 Å². The van der Waals surface area contributed by atoms with Gasteiger partial charge in [-0.2, -0.15) is 13.2 Å². The molecular formula is C15H13F5N2O2S. The van der Waals surface area contributed by atoms with Crippen LogP contribution in [0.1, 0.15) is 19.8 Å². The number of anilines is 1. The minimum Gasteiger partial charge on any atom is -0.487 e. The number of ether oxygens (including phenoxy) is 1. The first kappa shape index (κ1) is 19.1. The van der Waals surface area contributed by atoms with Crippen molar-refractivity contribution < 1.29 is 31.5 Å². The summed E-state index contributed by atoms with van der Waals surface area (Å²) < 4.78 is 68.6. The number of rotatable bonds is 6. The fourth-order valence-corrected chi connectivity index (χ4v) is 2.52. The Bertz CT molecular complexity index is 738. The monoisotopic (exact) mass is 380 g/mol. The lowest BCUT2D eigenvalue weighted by atomic mass is 10.1. The van der Waals surface area contributed by atoms with Crippen LogP contribution in [0.15, 0.2) is 17.5 Å². The van der Waals surface area contributed by atoms with Gasteiger partial charge in [0.05, 0.1) is 18.7 Å². The number of carbonyl (C=O) groups is 1. The number of aromatic nitrogens is 1. The van der Waals surface area contributed by atoms with E-state index in [2.05, 4.69) is 15.0 Å². The molecule has 0 spiro atoms. The first-order valence-corrected chi connectivity index (χ1v) is 8.02. The molecule has 1 aromatic heterocycles. The van der Waals surface area contributed by atoms with Gasteiger partial charge in [0, 0.05) is 17.4 Å². The maximum Gasteiger partial charge on any atom is 0.392 e. The van der Waals surface area contributed by atoms with Gasteiger partial charge in [0.15, 0.2) is 22.5 Å². The minimum absolute atomic E-state index is 0.0754. The Labute approximate surface area is 143 Å². The SMILES string of the molecule is CCC(=O)Nc1nc(-c2cc(F)c(OCCC(F)(F)F)c(F)c2)cs1. The Morgan fingerprint density at radius 1 is 1.28 bits per heavy atom. The molecule has 0 bridgehead atoms. The molecule has 0 aliphatic heterocycles. The average Bonchev–Trinajstić information content (AvgIpc) is 2.97. The Balaban J connectivity index is 2.15. The first-order chi connectivity index (χ1) is 11.7. The van der Waals surface area contributed by atoms with E-state index in [0.717, 1.165) is 23.5 Å². The summed E-state index contributed by atoms with van der Waals surface area (Å²) in [5, 5.41) is 4.28. The van der Waals surface area contributed by atoms with Crippen molar-refractivity contribution >= 4 is 22.4 Å². The largest absolute Gasteiger partial charge is 0.487 e. The van der Waals surface area contributed by atoms with Gasteiger partial charge in [-0.3, -0.25) is 4.79 Å². The zero-order chi connectivity index (χ0) is 18.6. The van der Waals surface area contributed by atoms with Crippen LogP contribution in [0.2, 0.25) is 0 Å². The molecule has 2 aromatic rings. The van der Waals surface area contributed by atoms with Gasteiger partial charge in [-0.25, -0.2) is 13.8 Å². The number of halogens is 5. The Morgan fingerprint density at radius 2 is 1.92 bits per heavy atom. The number of benzene rings is 1. The molecule has 1 aromatic carbocycles. The molecule has 0 saturated heterocycles. The molecule has 1 amide bonds. The third kappa shape index (κ3) is 5.38. The van der Waals surface area contributed by atoms with E-state index in [9.17, 15) is 26.7 Å². The normalized spacial score (nSPS) is 11.4. The highest BCUT2D eigenvalue weighted by Gasteiger charge is 2.27. The second-order valence-corrected chi connectivity index (χ2v) is 5.78. The molecule has 1 N–H and O–H groups in total. The second kappa shape index (κ2) is 7.77. The van der Waals surface area contributed by atoms with E-state index < -0.39 is 36.6 Å². The van der Waals surface area contributed by atoms with Crippen LogP contribution < -0.4 is 10.1 Å². The average molecular weight is 380 g/mol. The van der Waals surface area contributed by atoms with Crippen molar-refractivity contribution in [3.05, 3.63) is 29.1 Å². The fraction of sp³-hybridized carbons (Fsp3) is 0.333. The van der Waals surface area contributed by atoms with Crippen molar-refractivity contribution in [2.75, 3.05) is 11.9 Å². The van der Waals surface area contributed by atoms with Crippen LogP contribution in [0.3, 0.4) is 0 Å². The molecule has 136 valence electrons. The number of amides is 1. The van der Waals surface area contributed by atoms with Crippen molar-refractivity contribution in [2.24, 2.45) is 0 Å². The molecule has 0 fully saturated rings. The summed E-state index contributed by atoms with van der Waals surface area (Å²) in [5.74, 6) is -3.40. The van der Waals surface area contributed by atoms with Crippen molar-refractivity contribution in [1.82, 2.24) is 4.98 Å². The first-order valence-electron chi connectivity index (χ1n) is 7.14. The standard InChI is InChI=1S/C15H13F5N2O2S/c1-2-12(23)22-14-21-11(7-25-14)8-5-9(16)13(10(17)6-8)24-4-3-15(18,19)20/h5-7H,2-4H2,1H3,(H,21,22,23). The lowest BCUT2D eigenvalue weighted by molar-refractivity contribution is -0.139. The fourth-order valence-electron chi connectivity index (χ4n) is 1.79. The molecule has 25 heavy (non-hydrogen) atoms. The van der Waals surface area contributed by atoms with E-state index in [1.165, 1.54) is 5.38 Å². The number of carbonyl (C=O) groups excluding carboxylic acids is 1. The van der Waals surface area contributed by atoms with Gasteiger partial charge >= 0.3 is 6.18 Å². The molecule has 0 aliphatic rings. The van der Waals surface area contributed by atoms with Crippen molar-refractivity contribution in [3.63, 3.8) is 0 Å². The van der Waals surface area contributed by atoms with Gasteiger partial charge in [-0.1, -0.05) is 6.92 Å². The zero-order valence-electron chi connectivity index (χ0n) is 12.9. The molecule has 1 heterocycles. The number of alkyl halides is 3. The molecule has 2 rings (SSSR count). The summed E-state index contributed by atoms with van der Waals surface area (Å²) in [6.45, 7) is 0.771. The lowest BCUT2D eigenvalue weighted by Gasteiger charge is -2.11. The van der Waals surface area contributed by atoms with E-state index in [4.69, 9.17) is 0 Å². The van der Waals surface area contributed by atoms with Crippen LogP contribution in [-0.4, -0.2) is 23.7 Å². The highest BCUT2D eigenvalue weighted by atomic mass is 32.1. The number of hydrogen-bond acceptors (Lipinski definition) is 4. The smallest absolute Gasteiger partial charge is 0.392 e. The summed E-state index contributed by atoms with van der Waals surface area (Å²) in [5.41, 5.74) is 0.294. The maximum atomic E-state index is 13.9. The molecule has 0 unspecified atom stereocenters. The number of nitrogens with zero attached hydrogens (tertiary/aromatic N) is 1. The Kier molecular flexibility index (Phi) is 5.93. The Morgan fingerprint density at radius 3 is 2.48 bits per heavy atom. The zero-order valence-corrected chi connectivity index (χ0v) is 13.7. The summed E-state index contributed by atoms with van der Waals surface area (Å²) in [7, 11) is 0. The van der Waals surface area contributed by atoms with Crippen LogP contribution in [-0.2, 0) is 4.79 Å². The predicted octanol–water partition coefficient (Wildman–Crippen LogP) is 4.77. The van der Waals surface area contributed by atoms with Gasteiger partial charge in [0.2, 0.25) is 5.91 Å². The summed E-state index contributed by atoms with van der Waals surface area (Å²) in [6, 6.07) is 1.82. The maximum absolute atomic E-state index is 13.9. The van der Waals surface area contributed by atoms with Gasteiger partial charge in [0.1, 0.15) is 0 Å². The van der Waals surface area contributed by atoms with Gasteiger partial charge in [-0.05, 0) is 12.1 Å². The third-order valence-corrected chi connectivity index (χ3v) is 3.76. The molecule has 0 saturated carbocycles. The third-order valence-electron chi connectivity index (χ3n) is 3.00. The molecule has 0 aliphatic carbocycles. The molecular weight excluding hydrogens is 367 g/mol. The number of thiazole rings is 1. The highest BCUT2D eigenvalue weighted by Crippen LogP contribution is 2.31. The Hall–Kier alpha value is -2.23. The van der Waals surface area contributed by atoms with Crippen LogP contribution in [0.5, 0.6) is 5.75 Å². The van der Waals surface area contributed by atoms with E-state index in [1.807, 2.05) is 0 Å². The van der Waals surface area contributed by atoms with Gasteiger partial charge < -0.3 is 10.1 Å². The summed E-state index contributed by atoms with van der Waals surface area (Å²) >= 11 is 1.08. The lowest BCUT2D eigenvalue weighted by Crippen LogP contribution is -2.14. The molecule has 0 atom stereocenters. The van der Waals surface area contributed by atoms with E-state index in [1.54, 1.807) is 6.92 Å². The topological polar surface area (TPSA) is 51.2 Å². The highest BCUT2D eigenvalue weighted by molar-refractivity contribution is 7.14. The minimum atomic E-state index is -4.48. The van der Waals surface area contributed by atoms with E-state index in [0.29, 0.717) is 0 Å². The molecule has 0 radical (unpaired) electrons. The summed E-state index contributed by atoms with van der Waals surface area (Å²) in [6.07, 6.45) is -5.55. The quantitative estimate of drug-likeness (QED) is 0.735. The predicted molar refractivity (Wildman–Crippen MR) is 82.6 cm³/mol. The second-order valence-electron chi connectivity index (χ2n) is 4.92. The van der Waals surface area contributed by atoms with E-state index >= 15 is 0 Å². The van der Waals surface area contributed by atoms with E-state index in [-0.39, 0.29) is 28.7 Å². The number of hydrogen-bond donors (Lipinski definition) is 1. The van der Waals surface area contributed by atoms with Crippen molar-refractivity contribution in [1.29, 1.82) is 0 Å².